The van der Waals surface area contributed by atoms with Gasteiger partial charge in [-0.15, -0.1) is 0 Å². The van der Waals surface area contributed by atoms with Gasteiger partial charge < -0.3 is 20.3 Å². The number of nitrogens with one attached hydrogen (secondary N) is 2. The normalized spacial score (nSPS) is 15.4. The van der Waals surface area contributed by atoms with Crippen molar-refractivity contribution in [2.24, 2.45) is 0 Å². The first-order valence-corrected chi connectivity index (χ1v) is 8.21. The van der Waals surface area contributed by atoms with Crippen molar-refractivity contribution in [3.8, 4) is 5.75 Å². The second kappa shape index (κ2) is 7.69. The van der Waals surface area contributed by atoms with E-state index in [0.29, 0.717) is 17.0 Å². The fourth-order valence-corrected chi connectivity index (χ4v) is 2.71. The largest absolute Gasteiger partial charge is 0.477 e. The zero-order valence-corrected chi connectivity index (χ0v) is 14.3. The molecule has 3 amide bonds. The highest BCUT2D eigenvalue weighted by Crippen LogP contribution is 2.33. The molecule has 0 spiro atoms. The summed E-state index contributed by atoms with van der Waals surface area (Å²) in [6, 6.07) is 15.7. The fraction of sp³-hybridized carbons (Fsp3) is 0.211. The number of para-hydroxylation sites is 2. The Balaban J connectivity index is 1.73. The van der Waals surface area contributed by atoms with Gasteiger partial charge in [-0.2, -0.15) is 0 Å². The lowest BCUT2D eigenvalue weighted by molar-refractivity contribution is -0.127. The molecule has 2 aromatic carbocycles. The molecule has 7 nitrogen and oxygen atoms in total. The van der Waals surface area contributed by atoms with Gasteiger partial charge in [0.2, 0.25) is 5.91 Å². The molecular formula is C19H19N3O4. The van der Waals surface area contributed by atoms with Gasteiger partial charge >= 0.3 is 0 Å². The Morgan fingerprint density at radius 3 is 2.50 bits per heavy atom. The van der Waals surface area contributed by atoms with Crippen LogP contribution in [0.15, 0.2) is 54.6 Å². The number of carbonyl (C=O) groups excluding carboxylic acids is 3. The van der Waals surface area contributed by atoms with Crippen LogP contribution in [0.5, 0.6) is 5.75 Å². The van der Waals surface area contributed by atoms with E-state index >= 15 is 0 Å². The summed E-state index contributed by atoms with van der Waals surface area (Å²) in [5.74, 6) is -0.511. The molecular weight excluding hydrogens is 334 g/mol. The maximum atomic E-state index is 12.7. The van der Waals surface area contributed by atoms with Crippen molar-refractivity contribution in [3.05, 3.63) is 60.2 Å². The molecule has 134 valence electrons. The highest BCUT2D eigenvalue weighted by atomic mass is 16.5. The predicted molar refractivity (Wildman–Crippen MR) is 96.1 cm³/mol. The number of hydrogen-bond donors (Lipinski definition) is 2. The van der Waals surface area contributed by atoms with Crippen LogP contribution >= 0.6 is 0 Å². The number of fused-ring (bicyclic) bond motifs is 1. The number of hydrogen-bond acceptors (Lipinski definition) is 4. The molecule has 2 aromatic rings. The van der Waals surface area contributed by atoms with Crippen LogP contribution < -0.4 is 20.3 Å². The third-order valence-electron chi connectivity index (χ3n) is 4.05. The minimum absolute atomic E-state index is 0.0801. The summed E-state index contributed by atoms with van der Waals surface area (Å²) < 4.78 is 5.67. The molecule has 0 aromatic heterocycles. The first kappa shape index (κ1) is 17.5. The van der Waals surface area contributed by atoms with Crippen LogP contribution in [-0.4, -0.2) is 44.0 Å². The summed E-state index contributed by atoms with van der Waals surface area (Å²) in [4.78, 5) is 38.2. The summed E-state index contributed by atoms with van der Waals surface area (Å²) in [5.41, 5.74) is 1.05. The molecule has 3 rings (SSSR count). The van der Waals surface area contributed by atoms with Crippen molar-refractivity contribution in [2.45, 2.75) is 6.10 Å². The van der Waals surface area contributed by atoms with Crippen molar-refractivity contribution in [1.29, 1.82) is 0 Å². The number of benzene rings is 2. The molecule has 1 aliphatic rings. The molecule has 0 unspecified atom stereocenters. The second-order valence-electron chi connectivity index (χ2n) is 5.74. The Morgan fingerprint density at radius 1 is 1.08 bits per heavy atom. The zero-order valence-electron chi connectivity index (χ0n) is 14.3. The van der Waals surface area contributed by atoms with Gasteiger partial charge in [0, 0.05) is 12.6 Å². The first-order valence-electron chi connectivity index (χ1n) is 8.21. The van der Waals surface area contributed by atoms with Crippen LogP contribution in [0, 0.1) is 0 Å². The van der Waals surface area contributed by atoms with Crippen molar-refractivity contribution in [3.63, 3.8) is 0 Å². The number of carbonyl (C=O) groups is 3. The smallest absolute Gasteiger partial charge is 0.262 e. The van der Waals surface area contributed by atoms with Crippen molar-refractivity contribution in [2.75, 3.05) is 25.0 Å². The average Bonchev–Trinajstić information content (AvgIpc) is 2.70. The van der Waals surface area contributed by atoms with E-state index in [1.807, 2.05) is 6.07 Å². The maximum absolute atomic E-state index is 12.7. The quantitative estimate of drug-likeness (QED) is 0.857. The zero-order chi connectivity index (χ0) is 18.5. The van der Waals surface area contributed by atoms with E-state index < -0.39 is 6.10 Å². The third-order valence-corrected chi connectivity index (χ3v) is 4.05. The Hall–Kier alpha value is -3.35. The molecule has 0 fully saturated rings. The van der Waals surface area contributed by atoms with E-state index in [1.54, 1.807) is 48.5 Å². The van der Waals surface area contributed by atoms with E-state index in [0.717, 1.165) is 0 Å². The van der Waals surface area contributed by atoms with Gasteiger partial charge in [-0.3, -0.25) is 14.4 Å². The lowest BCUT2D eigenvalue weighted by Gasteiger charge is -2.34. The van der Waals surface area contributed by atoms with Crippen LogP contribution in [0.3, 0.4) is 0 Å². The van der Waals surface area contributed by atoms with Crippen molar-refractivity contribution in [1.82, 2.24) is 10.6 Å². The molecule has 0 saturated heterocycles. The van der Waals surface area contributed by atoms with Crippen LogP contribution in [0.4, 0.5) is 5.69 Å². The summed E-state index contributed by atoms with van der Waals surface area (Å²) in [5, 5.41) is 5.14. The molecule has 26 heavy (non-hydrogen) atoms. The molecule has 1 atom stereocenters. The Morgan fingerprint density at radius 2 is 1.77 bits per heavy atom. The second-order valence-corrected chi connectivity index (χ2v) is 5.74. The summed E-state index contributed by atoms with van der Waals surface area (Å²) in [6.07, 6.45) is -0.802. The molecule has 2 N–H and O–H groups in total. The topological polar surface area (TPSA) is 87.7 Å². The highest BCUT2D eigenvalue weighted by molar-refractivity contribution is 6.02. The lowest BCUT2D eigenvalue weighted by Crippen LogP contribution is -2.52. The Kier molecular flexibility index (Phi) is 5.17. The number of likely N-dealkylation sites (N-methyl/N-ethyl adjacent to an activating group) is 1. The fourth-order valence-electron chi connectivity index (χ4n) is 2.71. The Bertz CT molecular complexity index is 823. The number of rotatable bonds is 4. The first-order chi connectivity index (χ1) is 12.6. The molecule has 1 aliphatic heterocycles. The van der Waals surface area contributed by atoms with Gasteiger partial charge in [0.1, 0.15) is 5.75 Å². The number of nitrogens with zero attached hydrogens (tertiary/aromatic N) is 1. The van der Waals surface area contributed by atoms with Gasteiger partial charge in [-0.1, -0.05) is 30.3 Å². The van der Waals surface area contributed by atoms with Crippen molar-refractivity contribution >= 4 is 23.4 Å². The minimum atomic E-state index is -0.802. The lowest BCUT2D eigenvalue weighted by atomic mass is 10.1. The monoisotopic (exact) mass is 353 g/mol. The van der Waals surface area contributed by atoms with E-state index in [4.69, 9.17) is 4.74 Å². The third kappa shape index (κ3) is 3.66. The van der Waals surface area contributed by atoms with Crippen LogP contribution in [-0.2, 0) is 9.59 Å². The summed E-state index contributed by atoms with van der Waals surface area (Å²) in [6.45, 7) is -0.0980. The van der Waals surface area contributed by atoms with E-state index in [1.165, 1.54) is 11.9 Å². The average molecular weight is 353 g/mol. The molecule has 0 radical (unpaired) electrons. The Labute approximate surface area is 150 Å². The predicted octanol–water partition coefficient (Wildman–Crippen LogP) is 0.957. The molecule has 0 saturated carbocycles. The minimum Gasteiger partial charge on any atom is -0.477 e. The van der Waals surface area contributed by atoms with Gasteiger partial charge in [0.25, 0.3) is 11.8 Å². The van der Waals surface area contributed by atoms with E-state index in [-0.39, 0.29) is 30.8 Å². The summed E-state index contributed by atoms with van der Waals surface area (Å²) >= 11 is 0. The number of anilines is 1. The van der Waals surface area contributed by atoms with Crippen LogP contribution in [0.25, 0.3) is 0 Å². The molecule has 1 heterocycles. The summed E-state index contributed by atoms with van der Waals surface area (Å²) in [7, 11) is 1.51. The standard InChI is InChI=1S/C19H19N3O4/c1-20-19(25)16-12-22(14-9-5-6-10-15(14)26-16)17(23)11-21-18(24)13-7-3-2-4-8-13/h2-10,16H,11-12H2,1H3,(H,20,25)(H,21,24)/t16-/m0/s1. The van der Waals surface area contributed by atoms with Crippen LogP contribution in [0.1, 0.15) is 10.4 Å². The number of ether oxygens (including phenoxy) is 1. The van der Waals surface area contributed by atoms with Gasteiger partial charge in [-0.25, -0.2) is 0 Å². The SMILES string of the molecule is CNC(=O)[C@@H]1CN(C(=O)CNC(=O)c2ccccc2)c2ccccc2O1. The molecule has 7 heteroatoms. The van der Waals surface area contributed by atoms with Crippen molar-refractivity contribution < 1.29 is 19.1 Å². The van der Waals surface area contributed by atoms with Gasteiger partial charge in [0.05, 0.1) is 18.8 Å². The van der Waals surface area contributed by atoms with Gasteiger partial charge in [0.15, 0.2) is 6.10 Å². The van der Waals surface area contributed by atoms with E-state index in [9.17, 15) is 14.4 Å². The van der Waals surface area contributed by atoms with Gasteiger partial charge in [-0.05, 0) is 24.3 Å². The highest BCUT2D eigenvalue weighted by Gasteiger charge is 2.33. The number of amides is 3. The van der Waals surface area contributed by atoms with E-state index in [2.05, 4.69) is 10.6 Å². The molecule has 0 aliphatic carbocycles. The molecule has 0 bridgehead atoms. The maximum Gasteiger partial charge on any atom is 0.262 e. The van der Waals surface area contributed by atoms with Crippen LogP contribution in [0.2, 0.25) is 0 Å².